The second-order valence-corrected chi connectivity index (χ2v) is 7.39. The number of cyclic esters (lactones) is 1. The molecule has 1 saturated heterocycles. The van der Waals surface area contributed by atoms with E-state index >= 15 is 0 Å². The van der Waals surface area contributed by atoms with Crippen LogP contribution in [0.4, 0.5) is 4.39 Å². The zero-order chi connectivity index (χ0) is 19.3. The van der Waals surface area contributed by atoms with E-state index in [0.717, 1.165) is 16.7 Å². The lowest BCUT2D eigenvalue weighted by Gasteiger charge is -2.28. The van der Waals surface area contributed by atoms with Crippen LogP contribution in [0.25, 0.3) is 6.08 Å². The van der Waals surface area contributed by atoms with Gasteiger partial charge in [-0.2, -0.15) is 12.6 Å². The molecule has 27 heavy (non-hydrogen) atoms. The van der Waals surface area contributed by atoms with Crippen LogP contribution in [0.3, 0.4) is 0 Å². The van der Waals surface area contributed by atoms with Crippen molar-refractivity contribution in [3.63, 3.8) is 0 Å². The van der Waals surface area contributed by atoms with Gasteiger partial charge in [0.2, 0.25) is 0 Å². The van der Waals surface area contributed by atoms with Crippen molar-refractivity contribution in [1.82, 2.24) is 0 Å². The third-order valence-electron chi connectivity index (χ3n) is 4.68. The minimum atomic E-state index is -1.34. The molecular formula is C22H21FO3S. The van der Waals surface area contributed by atoms with Crippen LogP contribution in [-0.4, -0.2) is 23.1 Å². The number of halogens is 1. The minimum absolute atomic E-state index is 0.115. The molecule has 1 fully saturated rings. The van der Waals surface area contributed by atoms with E-state index < -0.39 is 10.7 Å². The zero-order valence-corrected chi connectivity index (χ0v) is 15.8. The Morgan fingerprint density at radius 1 is 1.19 bits per heavy atom. The molecule has 0 bridgehead atoms. The predicted octanol–water partition coefficient (Wildman–Crippen LogP) is 4.39. The Bertz CT molecular complexity index is 860. The summed E-state index contributed by atoms with van der Waals surface area (Å²) in [7, 11) is 0. The maximum absolute atomic E-state index is 13.1. The van der Waals surface area contributed by atoms with Crippen molar-refractivity contribution in [1.29, 1.82) is 0 Å². The second-order valence-electron chi connectivity index (χ2n) is 6.63. The number of carbonyl (C=O) groups is 2. The van der Waals surface area contributed by atoms with Crippen molar-refractivity contribution in [2.75, 3.05) is 6.61 Å². The van der Waals surface area contributed by atoms with Crippen molar-refractivity contribution in [2.45, 2.75) is 30.4 Å². The number of carbonyl (C=O) groups excluding carboxylic acids is 2. The summed E-state index contributed by atoms with van der Waals surface area (Å²) in [4.78, 5) is 24.4. The molecule has 0 amide bonds. The number of ketones is 1. The van der Waals surface area contributed by atoms with Crippen molar-refractivity contribution in [3.8, 4) is 0 Å². The van der Waals surface area contributed by atoms with Gasteiger partial charge in [0.15, 0.2) is 10.5 Å². The van der Waals surface area contributed by atoms with Crippen LogP contribution in [0, 0.1) is 5.82 Å². The van der Waals surface area contributed by atoms with Gasteiger partial charge in [-0.25, -0.2) is 4.39 Å². The van der Waals surface area contributed by atoms with E-state index in [1.54, 1.807) is 18.2 Å². The van der Waals surface area contributed by atoms with E-state index in [9.17, 15) is 14.0 Å². The number of hydrogen-bond donors (Lipinski definition) is 1. The van der Waals surface area contributed by atoms with Gasteiger partial charge >= 0.3 is 5.97 Å². The largest absolute Gasteiger partial charge is 0.464 e. The molecule has 0 N–H and O–H groups in total. The van der Waals surface area contributed by atoms with E-state index in [0.29, 0.717) is 25.9 Å². The number of thiol groups is 1. The normalized spacial score (nSPS) is 19.9. The van der Waals surface area contributed by atoms with Gasteiger partial charge in [-0.1, -0.05) is 48.6 Å². The minimum Gasteiger partial charge on any atom is -0.464 e. The molecule has 5 heteroatoms. The Hall–Kier alpha value is -2.40. The van der Waals surface area contributed by atoms with Gasteiger partial charge in [0, 0.05) is 6.42 Å². The SMILES string of the molecule is O=C(C/C=C/c1ccccc1Cc1ccc(F)cc1)C1(S)CCCOC1=O. The molecule has 1 atom stereocenters. The highest BCUT2D eigenvalue weighted by molar-refractivity contribution is 7.83. The Balaban J connectivity index is 1.69. The van der Waals surface area contributed by atoms with Crippen LogP contribution < -0.4 is 0 Å². The molecule has 1 heterocycles. The summed E-state index contributed by atoms with van der Waals surface area (Å²) in [6, 6.07) is 14.3. The van der Waals surface area contributed by atoms with Crippen molar-refractivity contribution in [3.05, 3.63) is 77.1 Å². The highest BCUT2D eigenvalue weighted by Crippen LogP contribution is 2.29. The van der Waals surface area contributed by atoms with E-state index in [2.05, 4.69) is 12.6 Å². The number of esters is 1. The Morgan fingerprint density at radius 2 is 1.93 bits per heavy atom. The van der Waals surface area contributed by atoms with Crippen molar-refractivity contribution in [2.24, 2.45) is 0 Å². The van der Waals surface area contributed by atoms with Crippen LogP contribution in [0.15, 0.2) is 54.6 Å². The Kier molecular flexibility index (Phi) is 6.11. The van der Waals surface area contributed by atoms with Gasteiger partial charge in [0.05, 0.1) is 6.61 Å². The van der Waals surface area contributed by atoms with Crippen LogP contribution in [0.1, 0.15) is 36.0 Å². The molecule has 140 valence electrons. The van der Waals surface area contributed by atoms with Gasteiger partial charge in [-0.15, -0.1) is 0 Å². The highest BCUT2D eigenvalue weighted by Gasteiger charge is 2.44. The van der Waals surface area contributed by atoms with Gasteiger partial charge < -0.3 is 4.74 Å². The van der Waals surface area contributed by atoms with E-state index in [4.69, 9.17) is 4.74 Å². The van der Waals surface area contributed by atoms with Crippen molar-refractivity contribution >= 4 is 30.5 Å². The van der Waals surface area contributed by atoms with Crippen LogP contribution >= 0.6 is 12.6 Å². The first-order valence-corrected chi connectivity index (χ1v) is 9.35. The van der Waals surface area contributed by atoms with E-state index in [1.807, 2.05) is 30.3 Å². The topological polar surface area (TPSA) is 43.4 Å². The van der Waals surface area contributed by atoms with E-state index in [-0.39, 0.29) is 18.0 Å². The first-order valence-electron chi connectivity index (χ1n) is 8.91. The summed E-state index contributed by atoms with van der Waals surface area (Å²) >= 11 is 4.31. The van der Waals surface area contributed by atoms with Gasteiger partial charge in [-0.05, 0) is 48.1 Å². The molecule has 0 radical (unpaired) electrons. The lowest BCUT2D eigenvalue weighted by atomic mass is 9.93. The molecule has 0 spiro atoms. The van der Waals surface area contributed by atoms with Gasteiger partial charge in [0.1, 0.15) is 5.82 Å². The summed E-state index contributed by atoms with van der Waals surface area (Å²) in [5.74, 6) is -1.05. The molecule has 1 aliphatic rings. The lowest BCUT2D eigenvalue weighted by molar-refractivity contribution is -0.153. The number of rotatable bonds is 6. The maximum Gasteiger partial charge on any atom is 0.329 e. The molecular weight excluding hydrogens is 363 g/mol. The monoisotopic (exact) mass is 384 g/mol. The van der Waals surface area contributed by atoms with Crippen LogP contribution in [0.5, 0.6) is 0 Å². The Labute approximate surface area is 163 Å². The summed E-state index contributed by atoms with van der Waals surface area (Å²) < 4.78 is 16.7. The predicted molar refractivity (Wildman–Crippen MR) is 106 cm³/mol. The molecule has 0 aliphatic carbocycles. The average Bonchev–Trinajstić information content (AvgIpc) is 2.67. The van der Waals surface area contributed by atoms with Crippen molar-refractivity contribution < 1.29 is 18.7 Å². The molecule has 3 rings (SSSR count). The summed E-state index contributed by atoms with van der Waals surface area (Å²) in [6.45, 7) is 0.348. The number of hydrogen-bond acceptors (Lipinski definition) is 4. The van der Waals surface area contributed by atoms with Crippen LogP contribution in [0.2, 0.25) is 0 Å². The molecule has 0 saturated carbocycles. The standard InChI is InChI=1S/C22H21FO3S/c23-19-11-9-16(10-12-19)15-18-6-2-1-5-17(18)7-3-8-20(24)22(27)13-4-14-26-21(22)25/h1-3,5-7,9-12,27H,4,8,13-15H2/b7-3+. The number of Topliss-reactive ketones (excluding diaryl/α,β-unsaturated/α-hetero) is 1. The third kappa shape index (κ3) is 4.66. The van der Waals surface area contributed by atoms with Crippen LogP contribution in [-0.2, 0) is 20.7 Å². The fourth-order valence-electron chi connectivity index (χ4n) is 3.11. The van der Waals surface area contributed by atoms with Gasteiger partial charge in [0.25, 0.3) is 0 Å². The third-order valence-corrected chi connectivity index (χ3v) is 5.33. The molecule has 2 aromatic rings. The average molecular weight is 384 g/mol. The molecule has 2 aromatic carbocycles. The Morgan fingerprint density at radius 3 is 2.67 bits per heavy atom. The quantitative estimate of drug-likeness (QED) is 0.456. The van der Waals surface area contributed by atoms with Gasteiger partial charge in [-0.3, -0.25) is 9.59 Å². The summed E-state index contributed by atoms with van der Waals surface area (Å²) in [5, 5.41) is 0. The summed E-state index contributed by atoms with van der Waals surface area (Å²) in [5.41, 5.74) is 3.06. The smallest absolute Gasteiger partial charge is 0.329 e. The molecule has 0 aromatic heterocycles. The summed E-state index contributed by atoms with van der Waals surface area (Å²) in [6.07, 6.45) is 5.46. The number of benzene rings is 2. The fraction of sp³-hybridized carbons (Fsp3) is 0.273. The fourth-order valence-corrected chi connectivity index (χ4v) is 3.42. The maximum atomic E-state index is 13.1. The molecule has 3 nitrogen and oxygen atoms in total. The zero-order valence-electron chi connectivity index (χ0n) is 14.9. The highest BCUT2D eigenvalue weighted by atomic mass is 32.1. The van der Waals surface area contributed by atoms with E-state index in [1.165, 1.54) is 12.1 Å². The molecule has 1 aliphatic heterocycles. The lowest BCUT2D eigenvalue weighted by Crippen LogP contribution is -2.45. The number of allylic oxidation sites excluding steroid dienone is 1. The first-order chi connectivity index (χ1) is 13.0. The first kappa shape index (κ1) is 19.4. The molecule has 1 unspecified atom stereocenters. The second kappa shape index (κ2) is 8.53. The number of ether oxygens (including phenoxy) is 1.